The Labute approximate surface area is 137 Å². The standard InChI is InChI=1S/C18H16O6/c19-7-4-8-23-18-13(21)10-15-16(17(18)22)12(20)9-14(24-15)11-5-2-1-3-6-11/h1-3,5-6,9-10,19,21-22H,4,7-8H2. The van der Waals surface area contributed by atoms with Gasteiger partial charge >= 0.3 is 0 Å². The van der Waals surface area contributed by atoms with Crippen LogP contribution in [0.25, 0.3) is 22.3 Å². The van der Waals surface area contributed by atoms with E-state index in [4.69, 9.17) is 14.3 Å². The van der Waals surface area contributed by atoms with E-state index in [1.165, 1.54) is 12.1 Å². The number of phenolic OH excluding ortho intramolecular Hbond substituents is 2. The molecule has 3 N–H and O–H groups in total. The molecule has 0 amide bonds. The largest absolute Gasteiger partial charge is 0.504 e. The fourth-order valence-electron chi connectivity index (χ4n) is 2.40. The molecule has 124 valence electrons. The summed E-state index contributed by atoms with van der Waals surface area (Å²) in [5, 5.41) is 29.0. The van der Waals surface area contributed by atoms with Gasteiger partial charge in [0.05, 0.1) is 6.61 Å². The number of rotatable bonds is 5. The van der Waals surface area contributed by atoms with Crippen molar-refractivity contribution in [2.75, 3.05) is 13.2 Å². The third kappa shape index (κ3) is 2.91. The Kier molecular flexibility index (Phi) is 4.39. The Morgan fingerprint density at radius 1 is 1.08 bits per heavy atom. The zero-order valence-corrected chi connectivity index (χ0v) is 12.7. The van der Waals surface area contributed by atoms with E-state index in [0.29, 0.717) is 17.7 Å². The van der Waals surface area contributed by atoms with Crippen LogP contribution in [0.1, 0.15) is 6.42 Å². The minimum Gasteiger partial charge on any atom is -0.504 e. The van der Waals surface area contributed by atoms with Crippen molar-refractivity contribution < 1.29 is 24.5 Å². The SMILES string of the molecule is O=c1cc(-c2ccccc2)oc2cc(O)c(OCCCO)c(O)c12. The molecule has 3 rings (SSSR count). The van der Waals surface area contributed by atoms with Gasteiger partial charge in [0.1, 0.15) is 16.7 Å². The second-order valence-electron chi connectivity index (χ2n) is 5.21. The van der Waals surface area contributed by atoms with Gasteiger partial charge in [0.15, 0.2) is 16.9 Å². The molecule has 0 aliphatic heterocycles. The van der Waals surface area contributed by atoms with Crippen molar-refractivity contribution in [3.05, 3.63) is 52.7 Å². The highest BCUT2D eigenvalue weighted by Gasteiger charge is 2.19. The third-order valence-corrected chi connectivity index (χ3v) is 3.53. The van der Waals surface area contributed by atoms with Crippen LogP contribution < -0.4 is 10.2 Å². The summed E-state index contributed by atoms with van der Waals surface area (Å²) in [6, 6.07) is 11.6. The van der Waals surface area contributed by atoms with Crippen LogP contribution in [0, 0.1) is 0 Å². The van der Waals surface area contributed by atoms with Gasteiger partial charge in [-0.05, 0) is 0 Å². The molecule has 0 atom stereocenters. The van der Waals surface area contributed by atoms with Gasteiger partial charge in [0, 0.05) is 30.7 Å². The normalized spacial score (nSPS) is 10.9. The van der Waals surface area contributed by atoms with Gasteiger partial charge in [0.2, 0.25) is 5.75 Å². The van der Waals surface area contributed by atoms with E-state index in [1.807, 2.05) is 18.2 Å². The second kappa shape index (κ2) is 6.64. The van der Waals surface area contributed by atoms with Gasteiger partial charge in [-0.3, -0.25) is 4.79 Å². The Morgan fingerprint density at radius 3 is 2.54 bits per heavy atom. The van der Waals surface area contributed by atoms with E-state index >= 15 is 0 Å². The zero-order valence-electron chi connectivity index (χ0n) is 12.7. The number of benzene rings is 2. The number of fused-ring (bicyclic) bond motifs is 1. The number of phenols is 2. The van der Waals surface area contributed by atoms with Crippen LogP contribution in [0.15, 0.2) is 51.7 Å². The Balaban J connectivity index is 2.13. The first-order valence-corrected chi connectivity index (χ1v) is 7.43. The van der Waals surface area contributed by atoms with Crippen LogP contribution in [-0.4, -0.2) is 28.5 Å². The average molecular weight is 328 g/mol. The Hall–Kier alpha value is -2.99. The minimum absolute atomic E-state index is 0.0610. The summed E-state index contributed by atoms with van der Waals surface area (Å²) in [5.41, 5.74) is 0.323. The Morgan fingerprint density at radius 2 is 1.83 bits per heavy atom. The smallest absolute Gasteiger partial charge is 0.204 e. The number of ether oxygens (including phenoxy) is 1. The van der Waals surface area contributed by atoms with E-state index in [0.717, 1.165) is 0 Å². The molecule has 0 fully saturated rings. The van der Waals surface area contributed by atoms with Crippen molar-refractivity contribution >= 4 is 11.0 Å². The van der Waals surface area contributed by atoms with Crippen LogP contribution in [0.5, 0.6) is 17.2 Å². The summed E-state index contributed by atoms with van der Waals surface area (Å²) in [6.45, 7) is 0.00817. The molecule has 0 aliphatic carbocycles. The van der Waals surface area contributed by atoms with E-state index in [-0.39, 0.29) is 35.7 Å². The molecule has 0 saturated carbocycles. The van der Waals surface area contributed by atoms with E-state index in [9.17, 15) is 15.0 Å². The number of hydrogen-bond donors (Lipinski definition) is 3. The van der Waals surface area contributed by atoms with E-state index in [2.05, 4.69) is 0 Å². The molecule has 6 heteroatoms. The van der Waals surface area contributed by atoms with Gasteiger partial charge < -0.3 is 24.5 Å². The molecule has 0 radical (unpaired) electrons. The molecule has 1 aromatic heterocycles. The molecule has 3 aromatic rings. The van der Waals surface area contributed by atoms with Crippen molar-refractivity contribution in [2.24, 2.45) is 0 Å². The first-order valence-electron chi connectivity index (χ1n) is 7.43. The molecule has 0 bridgehead atoms. The lowest BCUT2D eigenvalue weighted by Gasteiger charge is -2.11. The van der Waals surface area contributed by atoms with Crippen LogP contribution in [0.3, 0.4) is 0 Å². The maximum Gasteiger partial charge on any atom is 0.204 e. The summed E-state index contributed by atoms with van der Waals surface area (Å²) in [6.07, 6.45) is 0.332. The highest BCUT2D eigenvalue weighted by molar-refractivity contribution is 5.89. The number of hydrogen-bond acceptors (Lipinski definition) is 6. The van der Waals surface area contributed by atoms with Crippen LogP contribution in [0.4, 0.5) is 0 Å². The average Bonchev–Trinajstić information content (AvgIpc) is 2.58. The van der Waals surface area contributed by atoms with Crippen molar-refractivity contribution in [1.29, 1.82) is 0 Å². The molecular formula is C18H16O6. The topological polar surface area (TPSA) is 100 Å². The number of aliphatic hydroxyl groups excluding tert-OH is 1. The van der Waals surface area contributed by atoms with Crippen molar-refractivity contribution in [3.8, 4) is 28.6 Å². The summed E-state index contributed by atoms with van der Waals surface area (Å²) in [7, 11) is 0. The summed E-state index contributed by atoms with van der Waals surface area (Å²) >= 11 is 0. The van der Waals surface area contributed by atoms with Gasteiger partial charge in [-0.1, -0.05) is 30.3 Å². The van der Waals surface area contributed by atoms with E-state index < -0.39 is 11.2 Å². The maximum atomic E-state index is 12.4. The monoisotopic (exact) mass is 328 g/mol. The van der Waals surface area contributed by atoms with Crippen LogP contribution in [0.2, 0.25) is 0 Å². The summed E-state index contributed by atoms with van der Waals surface area (Å²) in [5.74, 6) is -0.681. The lowest BCUT2D eigenvalue weighted by atomic mass is 10.1. The highest BCUT2D eigenvalue weighted by atomic mass is 16.5. The number of aliphatic hydroxyl groups is 1. The van der Waals surface area contributed by atoms with E-state index in [1.54, 1.807) is 12.1 Å². The van der Waals surface area contributed by atoms with Crippen LogP contribution >= 0.6 is 0 Å². The Bertz CT molecular complexity index is 914. The highest BCUT2D eigenvalue weighted by Crippen LogP contribution is 2.41. The molecule has 2 aromatic carbocycles. The molecule has 24 heavy (non-hydrogen) atoms. The van der Waals surface area contributed by atoms with Gasteiger partial charge in [-0.25, -0.2) is 0 Å². The lowest BCUT2D eigenvalue weighted by molar-refractivity contribution is 0.224. The first kappa shape index (κ1) is 15.9. The molecule has 0 saturated heterocycles. The second-order valence-corrected chi connectivity index (χ2v) is 5.21. The van der Waals surface area contributed by atoms with Crippen molar-refractivity contribution in [3.63, 3.8) is 0 Å². The molecule has 0 aliphatic rings. The third-order valence-electron chi connectivity index (χ3n) is 3.53. The summed E-state index contributed by atoms with van der Waals surface area (Å²) in [4.78, 5) is 12.4. The molecule has 1 heterocycles. The first-order chi connectivity index (χ1) is 11.6. The van der Waals surface area contributed by atoms with Crippen LogP contribution in [-0.2, 0) is 0 Å². The molecule has 0 spiro atoms. The predicted octanol–water partition coefficient (Wildman–Crippen LogP) is 2.63. The van der Waals surface area contributed by atoms with Gasteiger partial charge in [0.25, 0.3) is 0 Å². The lowest BCUT2D eigenvalue weighted by Crippen LogP contribution is -2.04. The quantitative estimate of drug-likeness (QED) is 0.623. The molecule has 0 unspecified atom stereocenters. The zero-order chi connectivity index (χ0) is 17.1. The minimum atomic E-state index is -0.476. The fraction of sp³-hybridized carbons (Fsp3) is 0.167. The fourth-order valence-corrected chi connectivity index (χ4v) is 2.40. The van der Waals surface area contributed by atoms with Crippen molar-refractivity contribution in [2.45, 2.75) is 6.42 Å². The predicted molar refractivity (Wildman–Crippen MR) is 88.4 cm³/mol. The van der Waals surface area contributed by atoms with Crippen molar-refractivity contribution in [1.82, 2.24) is 0 Å². The summed E-state index contributed by atoms with van der Waals surface area (Å²) < 4.78 is 10.9. The molecule has 6 nitrogen and oxygen atoms in total. The molecular weight excluding hydrogens is 312 g/mol. The van der Waals surface area contributed by atoms with Gasteiger partial charge in [-0.2, -0.15) is 0 Å². The van der Waals surface area contributed by atoms with Gasteiger partial charge in [-0.15, -0.1) is 0 Å². The maximum absolute atomic E-state index is 12.4. The number of aromatic hydroxyl groups is 2.